The van der Waals surface area contributed by atoms with Gasteiger partial charge < -0.3 is 19.9 Å². The first-order valence-corrected chi connectivity index (χ1v) is 6.25. The molecular formula is C14H21NO4. The fourth-order valence-corrected chi connectivity index (χ4v) is 1.57. The van der Waals surface area contributed by atoms with Gasteiger partial charge >= 0.3 is 0 Å². The van der Waals surface area contributed by atoms with Gasteiger partial charge in [0.1, 0.15) is 12.4 Å². The SMILES string of the molecule is COCCCOCCOc1ccc(N)cc1C(C)=O. The Kier molecular flexibility index (Phi) is 6.92. The standard InChI is InChI=1S/C14H21NO4/c1-11(16)13-10-12(15)4-5-14(13)19-9-8-18-7-3-6-17-2/h4-5,10H,3,6-9,15H2,1-2H3. The fourth-order valence-electron chi connectivity index (χ4n) is 1.57. The summed E-state index contributed by atoms with van der Waals surface area (Å²) in [4.78, 5) is 11.4. The number of rotatable bonds is 9. The largest absolute Gasteiger partial charge is 0.490 e. The number of anilines is 1. The molecule has 0 bridgehead atoms. The molecular weight excluding hydrogens is 246 g/mol. The second-order valence-corrected chi connectivity index (χ2v) is 4.12. The van der Waals surface area contributed by atoms with Crippen molar-refractivity contribution in [1.29, 1.82) is 0 Å². The molecule has 5 heteroatoms. The molecule has 1 aromatic carbocycles. The number of benzene rings is 1. The number of ketones is 1. The van der Waals surface area contributed by atoms with Crippen molar-refractivity contribution >= 4 is 11.5 Å². The van der Waals surface area contributed by atoms with Crippen molar-refractivity contribution in [3.05, 3.63) is 23.8 Å². The van der Waals surface area contributed by atoms with Crippen LogP contribution in [-0.2, 0) is 9.47 Å². The monoisotopic (exact) mass is 267 g/mol. The van der Waals surface area contributed by atoms with Gasteiger partial charge in [0.25, 0.3) is 0 Å². The predicted octanol–water partition coefficient (Wildman–Crippen LogP) is 1.90. The van der Waals surface area contributed by atoms with E-state index < -0.39 is 0 Å². The second-order valence-electron chi connectivity index (χ2n) is 4.12. The lowest BCUT2D eigenvalue weighted by Crippen LogP contribution is -2.10. The first kappa shape index (κ1) is 15.5. The zero-order valence-electron chi connectivity index (χ0n) is 11.5. The topological polar surface area (TPSA) is 70.8 Å². The smallest absolute Gasteiger partial charge is 0.163 e. The van der Waals surface area contributed by atoms with Gasteiger partial charge in [-0.2, -0.15) is 0 Å². The van der Waals surface area contributed by atoms with Gasteiger partial charge in [-0.15, -0.1) is 0 Å². The molecule has 0 aliphatic rings. The van der Waals surface area contributed by atoms with Crippen LogP contribution in [-0.4, -0.2) is 39.3 Å². The first-order valence-electron chi connectivity index (χ1n) is 6.25. The maximum atomic E-state index is 11.4. The van der Waals surface area contributed by atoms with Gasteiger partial charge in [-0.05, 0) is 31.5 Å². The average molecular weight is 267 g/mol. The van der Waals surface area contributed by atoms with Crippen molar-refractivity contribution in [3.63, 3.8) is 0 Å². The molecule has 0 radical (unpaired) electrons. The number of hydrogen-bond acceptors (Lipinski definition) is 5. The molecule has 0 atom stereocenters. The Morgan fingerprint density at radius 2 is 2.00 bits per heavy atom. The molecule has 1 aromatic rings. The lowest BCUT2D eigenvalue weighted by Gasteiger charge is -2.10. The number of nitrogens with two attached hydrogens (primary N) is 1. The van der Waals surface area contributed by atoms with Crippen LogP contribution in [0.3, 0.4) is 0 Å². The minimum Gasteiger partial charge on any atom is -0.490 e. The van der Waals surface area contributed by atoms with Crippen LogP contribution in [0, 0.1) is 0 Å². The minimum atomic E-state index is -0.0664. The predicted molar refractivity (Wildman–Crippen MR) is 73.7 cm³/mol. The molecule has 0 heterocycles. The molecule has 106 valence electrons. The summed E-state index contributed by atoms with van der Waals surface area (Å²) in [7, 11) is 1.66. The Morgan fingerprint density at radius 1 is 1.21 bits per heavy atom. The summed E-state index contributed by atoms with van der Waals surface area (Å²) in [5.41, 5.74) is 6.69. The van der Waals surface area contributed by atoms with Crippen molar-refractivity contribution in [2.45, 2.75) is 13.3 Å². The first-order chi connectivity index (χ1) is 9.15. The van der Waals surface area contributed by atoms with E-state index in [1.807, 2.05) is 0 Å². The van der Waals surface area contributed by atoms with Crippen LogP contribution in [0.25, 0.3) is 0 Å². The zero-order chi connectivity index (χ0) is 14.1. The molecule has 0 saturated carbocycles. The van der Waals surface area contributed by atoms with Crippen molar-refractivity contribution in [2.75, 3.05) is 39.3 Å². The Labute approximate surface area is 113 Å². The summed E-state index contributed by atoms with van der Waals surface area (Å²) in [5.74, 6) is 0.477. The van der Waals surface area contributed by atoms with E-state index in [4.69, 9.17) is 19.9 Å². The van der Waals surface area contributed by atoms with Crippen LogP contribution in [0.2, 0.25) is 0 Å². The van der Waals surface area contributed by atoms with E-state index in [1.165, 1.54) is 6.92 Å². The maximum absolute atomic E-state index is 11.4. The minimum absolute atomic E-state index is 0.0664. The van der Waals surface area contributed by atoms with E-state index in [0.717, 1.165) is 6.42 Å². The molecule has 0 unspecified atom stereocenters. The quantitative estimate of drug-likeness (QED) is 0.420. The van der Waals surface area contributed by atoms with E-state index in [0.29, 0.717) is 43.4 Å². The van der Waals surface area contributed by atoms with E-state index in [-0.39, 0.29) is 5.78 Å². The van der Waals surface area contributed by atoms with Crippen molar-refractivity contribution in [1.82, 2.24) is 0 Å². The molecule has 0 aliphatic heterocycles. The summed E-state index contributed by atoms with van der Waals surface area (Å²) >= 11 is 0. The van der Waals surface area contributed by atoms with Gasteiger partial charge in [0, 0.05) is 26.0 Å². The molecule has 0 fully saturated rings. The summed E-state index contributed by atoms with van der Waals surface area (Å²) in [6.45, 7) is 3.69. The highest BCUT2D eigenvalue weighted by molar-refractivity contribution is 5.97. The third-order valence-corrected chi connectivity index (χ3v) is 2.51. The van der Waals surface area contributed by atoms with Crippen LogP contribution in [0.4, 0.5) is 5.69 Å². The third-order valence-electron chi connectivity index (χ3n) is 2.51. The van der Waals surface area contributed by atoms with Crippen LogP contribution in [0.15, 0.2) is 18.2 Å². The summed E-state index contributed by atoms with van der Waals surface area (Å²) in [6, 6.07) is 5.04. The number of hydrogen-bond donors (Lipinski definition) is 1. The van der Waals surface area contributed by atoms with Crippen LogP contribution >= 0.6 is 0 Å². The summed E-state index contributed by atoms with van der Waals surface area (Å²) in [6.07, 6.45) is 0.858. The van der Waals surface area contributed by atoms with E-state index in [2.05, 4.69) is 0 Å². The highest BCUT2D eigenvalue weighted by atomic mass is 16.5. The Hall–Kier alpha value is -1.59. The maximum Gasteiger partial charge on any atom is 0.163 e. The Morgan fingerprint density at radius 3 is 2.68 bits per heavy atom. The molecule has 0 aromatic heterocycles. The molecule has 0 saturated heterocycles. The normalized spacial score (nSPS) is 10.4. The molecule has 19 heavy (non-hydrogen) atoms. The zero-order valence-corrected chi connectivity index (χ0v) is 11.5. The van der Waals surface area contributed by atoms with Crippen molar-refractivity contribution in [3.8, 4) is 5.75 Å². The van der Waals surface area contributed by atoms with Crippen LogP contribution in [0.1, 0.15) is 23.7 Å². The second kappa shape index (κ2) is 8.50. The van der Waals surface area contributed by atoms with E-state index in [1.54, 1.807) is 25.3 Å². The van der Waals surface area contributed by atoms with Gasteiger partial charge in [-0.25, -0.2) is 0 Å². The Bertz CT molecular complexity index is 406. The van der Waals surface area contributed by atoms with Crippen molar-refractivity contribution in [2.24, 2.45) is 0 Å². The van der Waals surface area contributed by atoms with Crippen LogP contribution in [0.5, 0.6) is 5.75 Å². The van der Waals surface area contributed by atoms with Gasteiger partial charge in [0.05, 0.1) is 12.2 Å². The average Bonchev–Trinajstić information content (AvgIpc) is 2.39. The van der Waals surface area contributed by atoms with Gasteiger partial charge in [-0.1, -0.05) is 0 Å². The number of carbonyl (C=O) groups excluding carboxylic acids is 1. The van der Waals surface area contributed by atoms with Gasteiger partial charge in [0.15, 0.2) is 5.78 Å². The lowest BCUT2D eigenvalue weighted by molar-refractivity contribution is 0.0799. The number of carbonyl (C=O) groups is 1. The van der Waals surface area contributed by atoms with Crippen LogP contribution < -0.4 is 10.5 Å². The van der Waals surface area contributed by atoms with Crippen molar-refractivity contribution < 1.29 is 19.0 Å². The molecule has 2 N–H and O–H groups in total. The molecule has 5 nitrogen and oxygen atoms in total. The van der Waals surface area contributed by atoms with Gasteiger partial charge in [-0.3, -0.25) is 4.79 Å². The molecule has 0 amide bonds. The number of ether oxygens (including phenoxy) is 3. The highest BCUT2D eigenvalue weighted by Gasteiger charge is 2.08. The third kappa shape index (κ3) is 5.72. The summed E-state index contributed by atoms with van der Waals surface area (Å²) in [5, 5.41) is 0. The molecule has 1 rings (SSSR count). The molecule has 0 aliphatic carbocycles. The van der Waals surface area contributed by atoms with E-state index in [9.17, 15) is 4.79 Å². The summed E-state index contributed by atoms with van der Waals surface area (Å²) < 4.78 is 15.8. The molecule has 0 spiro atoms. The lowest BCUT2D eigenvalue weighted by atomic mass is 10.1. The number of methoxy groups -OCH3 is 1. The van der Waals surface area contributed by atoms with Gasteiger partial charge in [0.2, 0.25) is 0 Å². The number of nitrogen functional groups attached to an aromatic ring is 1. The Balaban J connectivity index is 2.35. The van der Waals surface area contributed by atoms with E-state index >= 15 is 0 Å². The fraction of sp³-hybridized carbons (Fsp3) is 0.500. The number of Topliss-reactive ketones (excluding diaryl/α,β-unsaturated/α-hetero) is 1. The highest BCUT2D eigenvalue weighted by Crippen LogP contribution is 2.21.